The van der Waals surface area contributed by atoms with Crippen LogP contribution in [0.4, 0.5) is 0 Å². The Hall–Kier alpha value is -1.96. The predicted octanol–water partition coefficient (Wildman–Crippen LogP) is 14.3. The zero-order valence-corrected chi connectivity index (χ0v) is 38.0. The Bertz CT molecular complexity index is 1940. The van der Waals surface area contributed by atoms with Crippen molar-refractivity contribution in [1.82, 2.24) is 0 Å². The molecule has 0 radical (unpaired) electrons. The van der Waals surface area contributed by atoms with Crippen LogP contribution in [0.25, 0.3) is 34.4 Å². The molecule has 8 rings (SSSR count). The molecule has 2 saturated carbocycles. The van der Waals surface area contributed by atoms with E-state index in [4.69, 9.17) is 0 Å². The molecule has 2 fully saturated rings. The molecule has 2 atom stereocenters. The van der Waals surface area contributed by atoms with E-state index in [1.54, 1.807) is 22.3 Å². The summed E-state index contributed by atoms with van der Waals surface area (Å²) < 4.78 is 6.90. The maximum Gasteiger partial charge on any atom is -0.147 e. The van der Waals surface area contributed by atoms with Gasteiger partial charge in [0, 0.05) is 0 Å². The minimum absolute atomic E-state index is 0. The Morgan fingerprint density at radius 1 is 0.577 bits per heavy atom. The molecule has 4 aliphatic carbocycles. The number of rotatable bonds is 12. The van der Waals surface area contributed by atoms with Gasteiger partial charge in [0.15, 0.2) is 0 Å². The van der Waals surface area contributed by atoms with Crippen LogP contribution in [0.15, 0.2) is 96.1 Å². The Morgan fingerprint density at radius 3 is 1.27 bits per heavy atom. The van der Waals surface area contributed by atoms with Gasteiger partial charge in [0.2, 0.25) is 0 Å². The first-order chi connectivity index (χ1) is 23.9. The minimum atomic E-state index is -3.81. The molecule has 274 valence electrons. The molecule has 52 heavy (non-hydrogen) atoms. The first kappa shape index (κ1) is 39.7. The van der Waals surface area contributed by atoms with Gasteiger partial charge in [0.05, 0.1) is 0 Å². The van der Waals surface area contributed by atoms with Crippen LogP contribution in [0, 0.1) is 24.7 Å². The number of hydrogen-bond acceptors (Lipinski definition) is 0. The maximum atomic E-state index is 2.89. The molecule has 0 nitrogen and oxygen atoms in total. The molecule has 0 aliphatic heterocycles. The van der Waals surface area contributed by atoms with Crippen LogP contribution in [0.3, 0.4) is 0 Å². The monoisotopic (exact) mass is 824 g/mol. The number of fused-ring (bicyclic) bond motifs is 2. The van der Waals surface area contributed by atoms with E-state index in [-0.39, 0.29) is 24.8 Å². The third-order valence-electron chi connectivity index (χ3n) is 13.6. The van der Waals surface area contributed by atoms with Crippen molar-refractivity contribution in [3.8, 4) is 22.3 Å². The second-order valence-corrected chi connectivity index (χ2v) is 48.9. The number of benzene rings is 4. The van der Waals surface area contributed by atoms with Gasteiger partial charge in [-0.2, -0.15) is 0 Å². The molecule has 2 unspecified atom stereocenters. The summed E-state index contributed by atoms with van der Waals surface area (Å²) >= 11 is -3.81. The average Bonchev–Trinajstić information content (AvgIpc) is 3.93. The number of aryl methyl sites for hydroxylation is 2. The fourth-order valence-corrected chi connectivity index (χ4v) is 30.6. The summed E-state index contributed by atoms with van der Waals surface area (Å²) in [7, 11) is 0. The Labute approximate surface area is 329 Å². The molecule has 4 aromatic carbocycles. The quantitative estimate of drug-likeness (QED) is 0.125. The van der Waals surface area contributed by atoms with Gasteiger partial charge >= 0.3 is 307 Å². The predicted molar refractivity (Wildman–Crippen MR) is 232 cm³/mol. The van der Waals surface area contributed by atoms with Crippen LogP contribution >= 0.6 is 24.8 Å². The largest absolute Gasteiger partial charge is 0.147 e. The molecule has 4 heteroatoms. The summed E-state index contributed by atoms with van der Waals surface area (Å²) in [5.74, 6) is 0. The molecule has 0 N–H and O–H groups in total. The molecule has 4 aliphatic rings. The van der Waals surface area contributed by atoms with Gasteiger partial charge in [0.1, 0.15) is 0 Å². The summed E-state index contributed by atoms with van der Waals surface area (Å²) in [5.41, 5.74) is 19.2. The van der Waals surface area contributed by atoms with E-state index in [0.717, 1.165) is 0 Å². The van der Waals surface area contributed by atoms with E-state index >= 15 is 0 Å². The molecule has 4 aromatic rings. The van der Waals surface area contributed by atoms with Crippen LogP contribution in [0.2, 0.25) is 9.26 Å². The summed E-state index contributed by atoms with van der Waals surface area (Å²) in [4.78, 5) is 0. The van der Waals surface area contributed by atoms with Crippen LogP contribution in [-0.2, 0) is 17.4 Å². The molecule has 0 bridgehead atoms. The summed E-state index contributed by atoms with van der Waals surface area (Å²) in [6, 6.07) is 33.3. The molecule has 0 amide bonds. The van der Waals surface area contributed by atoms with Crippen LogP contribution < -0.4 is 0 Å². The third kappa shape index (κ3) is 7.14. The molecule has 0 saturated heterocycles. The van der Waals surface area contributed by atoms with Gasteiger partial charge in [-0.3, -0.25) is 0 Å². The third-order valence-corrected chi connectivity index (χ3v) is 31.1. The van der Waals surface area contributed by atoms with Crippen molar-refractivity contribution in [1.29, 1.82) is 0 Å². The summed E-state index contributed by atoms with van der Waals surface area (Å²) in [5, 5.41) is 0. The van der Waals surface area contributed by atoms with Gasteiger partial charge < -0.3 is 0 Å². The van der Waals surface area contributed by atoms with Crippen molar-refractivity contribution < 1.29 is 17.4 Å². The smallest absolute Gasteiger partial charge is 0.147 e. The van der Waals surface area contributed by atoms with Crippen LogP contribution in [0.5, 0.6) is 0 Å². The molecule has 0 heterocycles. The SMILES string of the molecule is CCCC1(CC2=Cc3c(-c4ccc(C)cc4)cccc3[CH]2[Zr]([CH3])([CH3])(=[SiH2])[CH]2C(CC3(CCC)CC3)=Cc3c(-c4ccc(C)cc4)cccc32)CC1.Cl.Cl. The van der Waals surface area contributed by atoms with E-state index in [1.165, 1.54) is 109 Å². The van der Waals surface area contributed by atoms with Gasteiger partial charge in [0.25, 0.3) is 0 Å². The zero-order valence-electron chi connectivity index (χ0n) is 32.5. The normalized spacial score (nSPS) is 20.5. The topological polar surface area (TPSA) is 0 Å². The number of allylic oxidation sites excluding steroid dienone is 2. The fraction of sp³-hybridized carbons (Fsp3) is 0.417. The molecule has 0 spiro atoms. The minimum Gasteiger partial charge on any atom is -0.147 e. The standard InChI is InChI=1S/2C23H25.2CH3.2ClH.H2Si.Zr/c2*1-3-11-23(12-13-23)16-18-14-20-5-4-6-21(22(20)15-18)19-9-7-17(2)8-10-19;;;;;;/h2*4-10,14-15H,3,11-13,16H2,1-2H3;2*1H3;2*1H;1H2;. The Kier molecular flexibility index (Phi) is 11.2. The maximum absolute atomic E-state index is 3.81. The van der Waals surface area contributed by atoms with Gasteiger partial charge in [-0.1, -0.05) is 0 Å². The van der Waals surface area contributed by atoms with Crippen molar-refractivity contribution in [3.05, 3.63) is 129 Å². The van der Waals surface area contributed by atoms with Crippen molar-refractivity contribution in [2.75, 3.05) is 0 Å². The van der Waals surface area contributed by atoms with Gasteiger partial charge in [-0.05, 0) is 0 Å². The molecule has 0 aromatic heterocycles. The van der Waals surface area contributed by atoms with Gasteiger partial charge in [-0.25, -0.2) is 0 Å². The van der Waals surface area contributed by atoms with Crippen molar-refractivity contribution in [2.45, 2.75) is 108 Å². The molecular formula is C48H60Cl2SiZr. The Morgan fingerprint density at radius 2 is 0.942 bits per heavy atom. The summed E-state index contributed by atoms with van der Waals surface area (Å²) in [6.07, 6.45) is 19.0. The van der Waals surface area contributed by atoms with Crippen molar-refractivity contribution in [2.24, 2.45) is 10.8 Å². The second-order valence-electron chi connectivity index (χ2n) is 18.4. The van der Waals surface area contributed by atoms with E-state index in [9.17, 15) is 0 Å². The van der Waals surface area contributed by atoms with Crippen LogP contribution in [0.1, 0.15) is 119 Å². The second kappa shape index (κ2) is 14.6. The van der Waals surface area contributed by atoms with Crippen LogP contribution in [-0.4, -0.2) is 6.88 Å². The number of halogens is 2. The van der Waals surface area contributed by atoms with E-state index in [0.29, 0.717) is 18.1 Å². The van der Waals surface area contributed by atoms with E-state index in [2.05, 4.69) is 141 Å². The first-order valence-electron chi connectivity index (χ1n) is 19.8. The van der Waals surface area contributed by atoms with Gasteiger partial charge in [-0.15, -0.1) is 24.8 Å². The Balaban J connectivity index is 0.00000232. The first-order valence-corrected chi connectivity index (χ1v) is 33.5. The fourth-order valence-electron chi connectivity index (χ4n) is 10.9. The van der Waals surface area contributed by atoms with E-state index < -0.39 is 17.4 Å². The average molecular weight is 827 g/mol. The van der Waals surface area contributed by atoms with Crippen molar-refractivity contribution >= 4 is 43.8 Å². The zero-order chi connectivity index (χ0) is 34.9. The molecular weight excluding hydrogens is 767 g/mol. The van der Waals surface area contributed by atoms with Crippen molar-refractivity contribution in [3.63, 3.8) is 0 Å². The van der Waals surface area contributed by atoms with E-state index in [1.807, 2.05) is 0 Å². The number of hydrogen-bond donors (Lipinski definition) is 0. The summed E-state index contributed by atoms with van der Waals surface area (Å²) in [6.45, 7) is 11.8.